The summed E-state index contributed by atoms with van der Waals surface area (Å²) in [7, 11) is 0. The number of hydrogen-bond acceptors (Lipinski definition) is 6. The number of nitrogens with one attached hydrogen (secondary N) is 1. The van der Waals surface area contributed by atoms with Crippen molar-refractivity contribution in [3.8, 4) is 11.4 Å². The zero-order valence-corrected chi connectivity index (χ0v) is 13.5. The van der Waals surface area contributed by atoms with Gasteiger partial charge < -0.3 is 8.94 Å². The van der Waals surface area contributed by atoms with Crippen LogP contribution < -0.4 is 5.32 Å². The minimum atomic E-state index is -0.0432. The molecule has 0 aromatic carbocycles. The quantitative estimate of drug-likeness (QED) is 0.750. The van der Waals surface area contributed by atoms with Crippen molar-refractivity contribution in [3.05, 3.63) is 54.1 Å². The summed E-state index contributed by atoms with van der Waals surface area (Å²) < 4.78 is 11.0. The van der Waals surface area contributed by atoms with Crippen LogP contribution in [0.3, 0.4) is 0 Å². The van der Waals surface area contributed by atoms with Gasteiger partial charge in [0.25, 0.3) is 0 Å². The minimum absolute atomic E-state index is 0.0432. The molecule has 0 saturated heterocycles. The fourth-order valence-corrected chi connectivity index (χ4v) is 2.37. The van der Waals surface area contributed by atoms with E-state index < -0.39 is 0 Å². The van der Waals surface area contributed by atoms with E-state index in [9.17, 15) is 0 Å². The van der Waals surface area contributed by atoms with Crippen LogP contribution in [0, 0.1) is 12.8 Å². The molecule has 3 aromatic heterocycles. The molecule has 6 heteroatoms. The predicted octanol–water partition coefficient (Wildman–Crippen LogP) is 3.52. The van der Waals surface area contributed by atoms with E-state index in [1.807, 2.05) is 31.2 Å². The molecule has 3 heterocycles. The Balaban J connectivity index is 1.75. The van der Waals surface area contributed by atoms with Crippen molar-refractivity contribution in [1.29, 1.82) is 0 Å². The molecule has 1 atom stereocenters. The molecule has 1 N–H and O–H groups in total. The van der Waals surface area contributed by atoms with Gasteiger partial charge in [-0.15, -0.1) is 0 Å². The Bertz CT molecular complexity index is 749. The summed E-state index contributed by atoms with van der Waals surface area (Å²) >= 11 is 0. The van der Waals surface area contributed by atoms with Crippen LogP contribution in [0.2, 0.25) is 0 Å². The molecule has 0 bridgehead atoms. The largest absolute Gasteiger partial charge is 0.465 e. The Morgan fingerprint density at radius 2 is 2.09 bits per heavy atom. The fraction of sp³-hybridized carbons (Fsp3) is 0.353. The molecule has 3 rings (SSSR count). The molecule has 120 valence electrons. The molecule has 0 aliphatic heterocycles. The van der Waals surface area contributed by atoms with Gasteiger partial charge in [-0.3, -0.25) is 10.3 Å². The summed E-state index contributed by atoms with van der Waals surface area (Å²) in [4.78, 5) is 8.59. The Morgan fingerprint density at radius 3 is 2.74 bits per heavy atom. The first-order chi connectivity index (χ1) is 11.1. The minimum Gasteiger partial charge on any atom is -0.465 e. The Hall–Kier alpha value is -2.47. The van der Waals surface area contributed by atoms with Gasteiger partial charge in [-0.25, -0.2) is 0 Å². The van der Waals surface area contributed by atoms with Gasteiger partial charge in [0.1, 0.15) is 11.5 Å². The van der Waals surface area contributed by atoms with Gasteiger partial charge in [-0.1, -0.05) is 19.0 Å². The van der Waals surface area contributed by atoms with Gasteiger partial charge in [-0.2, -0.15) is 4.98 Å². The second-order valence-electron chi connectivity index (χ2n) is 5.81. The second-order valence-corrected chi connectivity index (χ2v) is 5.81. The summed E-state index contributed by atoms with van der Waals surface area (Å²) in [5.74, 6) is 3.21. The van der Waals surface area contributed by atoms with Crippen LogP contribution >= 0.6 is 0 Å². The summed E-state index contributed by atoms with van der Waals surface area (Å²) in [5, 5.41) is 7.48. The molecule has 0 amide bonds. The molecule has 0 aliphatic rings. The lowest BCUT2D eigenvalue weighted by Gasteiger charge is -2.17. The van der Waals surface area contributed by atoms with Crippen LogP contribution in [0.15, 0.2) is 45.6 Å². The first-order valence-electron chi connectivity index (χ1n) is 7.66. The fourth-order valence-electron chi connectivity index (χ4n) is 2.37. The van der Waals surface area contributed by atoms with Gasteiger partial charge in [-0.05, 0) is 37.1 Å². The van der Waals surface area contributed by atoms with Crippen molar-refractivity contribution in [2.75, 3.05) is 0 Å². The number of aromatic nitrogens is 3. The zero-order chi connectivity index (χ0) is 16.2. The smallest absolute Gasteiger partial charge is 0.244 e. The maximum absolute atomic E-state index is 5.59. The molecule has 0 radical (unpaired) electrons. The van der Waals surface area contributed by atoms with E-state index in [1.165, 1.54) is 0 Å². The van der Waals surface area contributed by atoms with E-state index in [1.54, 1.807) is 12.4 Å². The van der Waals surface area contributed by atoms with Crippen molar-refractivity contribution < 1.29 is 8.94 Å². The molecule has 6 nitrogen and oxygen atoms in total. The highest BCUT2D eigenvalue weighted by Gasteiger charge is 2.23. The molecule has 0 spiro atoms. The summed E-state index contributed by atoms with van der Waals surface area (Å²) in [6.45, 7) is 6.76. The van der Waals surface area contributed by atoms with Gasteiger partial charge in [0, 0.05) is 18.0 Å². The van der Waals surface area contributed by atoms with E-state index in [0.29, 0.717) is 24.2 Å². The van der Waals surface area contributed by atoms with Crippen LogP contribution in [0.1, 0.15) is 37.3 Å². The number of hydrogen-bond donors (Lipinski definition) is 1. The molecule has 3 aromatic rings. The standard InChI is InChI=1S/C17H20N4O2/c1-11(2)15(19-10-14-7-6-12(3)22-14)17-20-16(21-23-17)13-5-4-8-18-9-13/h4-9,11,15,19H,10H2,1-3H3. The third-order valence-corrected chi connectivity index (χ3v) is 3.59. The molecule has 0 aliphatic carbocycles. The van der Waals surface area contributed by atoms with Gasteiger partial charge in [0.05, 0.1) is 12.6 Å². The molecular weight excluding hydrogens is 292 g/mol. The lowest BCUT2D eigenvalue weighted by molar-refractivity contribution is 0.282. The third-order valence-electron chi connectivity index (χ3n) is 3.59. The molecule has 1 unspecified atom stereocenters. The second kappa shape index (κ2) is 6.75. The number of nitrogens with zero attached hydrogens (tertiary/aromatic N) is 3. The van der Waals surface area contributed by atoms with E-state index in [4.69, 9.17) is 8.94 Å². The molecular formula is C17H20N4O2. The van der Waals surface area contributed by atoms with Gasteiger partial charge in [0.15, 0.2) is 0 Å². The molecule has 23 heavy (non-hydrogen) atoms. The summed E-state index contributed by atoms with van der Waals surface area (Å²) in [6, 6.07) is 7.63. The lowest BCUT2D eigenvalue weighted by atomic mass is 10.0. The SMILES string of the molecule is Cc1ccc(CNC(c2nc(-c3cccnc3)no2)C(C)C)o1. The normalized spacial score (nSPS) is 12.7. The van der Waals surface area contributed by atoms with Crippen LogP contribution in [0.25, 0.3) is 11.4 Å². The van der Waals surface area contributed by atoms with Gasteiger partial charge >= 0.3 is 0 Å². The van der Waals surface area contributed by atoms with Crippen molar-refractivity contribution in [2.24, 2.45) is 5.92 Å². The van der Waals surface area contributed by atoms with Gasteiger partial charge in [0.2, 0.25) is 11.7 Å². The van der Waals surface area contributed by atoms with Crippen LogP contribution in [-0.4, -0.2) is 15.1 Å². The van der Waals surface area contributed by atoms with Crippen LogP contribution in [-0.2, 0) is 6.54 Å². The van der Waals surface area contributed by atoms with Crippen molar-refractivity contribution in [1.82, 2.24) is 20.4 Å². The van der Waals surface area contributed by atoms with E-state index in [-0.39, 0.29) is 6.04 Å². The Morgan fingerprint density at radius 1 is 1.22 bits per heavy atom. The number of furan rings is 1. The maximum Gasteiger partial charge on any atom is 0.244 e. The van der Waals surface area contributed by atoms with E-state index in [0.717, 1.165) is 17.1 Å². The summed E-state index contributed by atoms with van der Waals surface area (Å²) in [5.41, 5.74) is 0.840. The third kappa shape index (κ3) is 3.65. The van der Waals surface area contributed by atoms with Crippen molar-refractivity contribution in [3.63, 3.8) is 0 Å². The predicted molar refractivity (Wildman–Crippen MR) is 85.4 cm³/mol. The average Bonchev–Trinajstić information content (AvgIpc) is 3.18. The molecule has 0 saturated carbocycles. The highest BCUT2D eigenvalue weighted by molar-refractivity contribution is 5.51. The molecule has 0 fully saturated rings. The highest BCUT2D eigenvalue weighted by Crippen LogP contribution is 2.23. The Kier molecular flexibility index (Phi) is 4.52. The number of rotatable bonds is 6. The Labute approximate surface area is 134 Å². The number of pyridine rings is 1. The van der Waals surface area contributed by atoms with E-state index >= 15 is 0 Å². The maximum atomic E-state index is 5.59. The van der Waals surface area contributed by atoms with Crippen LogP contribution in [0.4, 0.5) is 0 Å². The summed E-state index contributed by atoms with van der Waals surface area (Å²) in [6.07, 6.45) is 3.44. The highest BCUT2D eigenvalue weighted by atomic mass is 16.5. The first-order valence-corrected chi connectivity index (χ1v) is 7.66. The topological polar surface area (TPSA) is 77.0 Å². The first kappa shape index (κ1) is 15.4. The number of aryl methyl sites for hydroxylation is 1. The van der Waals surface area contributed by atoms with Crippen molar-refractivity contribution >= 4 is 0 Å². The van der Waals surface area contributed by atoms with Crippen LogP contribution in [0.5, 0.6) is 0 Å². The monoisotopic (exact) mass is 312 g/mol. The van der Waals surface area contributed by atoms with E-state index in [2.05, 4.69) is 34.3 Å². The lowest BCUT2D eigenvalue weighted by Crippen LogP contribution is -2.25. The average molecular weight is 312 g/mol. The van der Waals surface area contributed by atoms with Crippen molar-refractivity contribution in [2.45, 2.75) is 33.4 Å². The zero-order valence-electron chi connectivity index (χ0n) is 13.5.